The van der Waals surface area contributed by atoms with Gasteiger partial charge in [0.2, 0.25) is 0 Å². The molecule has 0 saturated carbocycles. The van der Waals surface area contributed by atoms with E-state index in [4.69, 9.17) is 4.74 Å². The van der Waals surface area contributed by atoms with Crippen LogP contribution in [-0.2, 0) is 21.2 Å². The number of halogens is 1. The van der Waals surface area contributed by atoms with Gasteiger partial charge in [0.15, 0.2) is 0 Å². The average molecular weight is 350 g/mol. The van der Waals surface area contributed by atoms with Crippen molar-refractivity contribution < 1.29 is 13.2 Å². The third kappa shape index (κ3) is 5.50. The lowest BCUT2D eigenvalue weighted by Crippen LogP contribution is -2.13. The summed E-state index contributed by atoms with van der Waals surface area (Å²) < 4.78 is 28.9. The van der Waals surface area contributed by atoms with Crippen molar-refractivity contribution in [1.29, 1.82) is 0 Å². The quantitative estimate of drug-likeness (QED) is 0.733. The van der Waals surface area contributed by atoms with Gasteiger partial charge in [-0.2, -0.15) is 0 Å². The normalized spacial score (nSPS) is 11.5. The van der Waals surface area contributed by atoms with E-state index in [-0.39, 0.29) is 11.5 Å². The van der Waals surface area contributed by atoms with Crippen molar-refractivity contribution in [1.82, 2.24) is 0 Å². The lowest BCUT2D eigenvalue weighted by molar-refractivity contribution is 0.185. The van der Waals surface area contributed by atoms with Crippen molar-refractivity contribution in [3.63, 3.8) is 0 Å². The molecule has 0 unspecified atom stereocenters. The van der Waals surface area contributed by atoms with E-state index in [2.05, 4.69) is 21.2 Å². The molecule has 0 heterocycles. The van der Waals surface area contributed by atoms with E-state index in [1.54, 1.807) is 14.0 Å². The van der Waals surface area contributed by atoms with E-state index in [1.807, 2.05) is 18.2 Å². The molecule has 1 aromatic rings. The van der Waals surface area contributed by atoms with Gasteiger partial charge < -0.3 is 10.1 Å². The third-order valence-electron chi connectivity index (χ3n) is 2.79. The Labute approximate surface area is 123 Å². The summed E-state index contributed by atoms with van der Waals surface area (Å²) >= 11 is 3.48. The first kappa shape index (κ1) is 16.5. The van der Waals surface area contributed by atoms with Gasteiger partial charge in [-0.05, 0) is 18.6 Å². The first-order valence-corrected chi connectivity index (χ1v) is 8.82. The summed E-state index contributed by atoms with van der Waals surface area (Å²) in [6.07, 6.45) is 0.606. The highest BCUT2D eigenvalue weighted by molar-refractivity contribution is 9.10. The minimum Gasteiger partial charge on any atom is -0.385 e. The fourth-order valence-electron chi connectivity index (χ4n) is 1.67. The monoisotopic (exact) mass is 349 g/mol. The van der Waals surface area contributed by atoms with Crippen LogP contribution < -0.4 is 5.32 Å². The number of hydrogen-bond donors (Lipinski definition) is 1. The Bertz CT molecular complexity index is 503. The highest BCUT2D eigenvalue weighted by Gasteiger charge is 2.08. The van der Waals surface area contributed by atoms with E-state index in [0.717, 1.165) is 15.7 Å². The van der Waals surface area contributed by atoms with Gasteiger partial charge >= 0.3 is 0 Å². The summed E-state index contributed by atoms with van der Waals surface area (Å²) in [5, 5.41) is 3.26. The lowest BCUT2D eigenvalue weighted by Gasteiger charge is -2.13. The van der Waals surface area contributed by atoms with Gasteiger partial charge in [-0.1, -0.05) is 28.9 Å². The molecule has 0 fully saturated rings. The van der Waals surface area contributed by atoms with Gasteiger partial charge in [-0.15, -0.1) is 0 Å². The van der Waals surface area contributed by atoms with Crippen molar-refractivity contribution in [2.75, 3.05) is 30.5 Å². The molecule has 0 radical (unpaired) electrons. The Morgan fingerprint density at radius 1 is 1.37 bits per heavy atom. The molecule has 4 nitrogen and oxygen atoms in total. The van der Waals surface area contributed by atoms with E-state index in [0.29, 0.717) is 19.6 Å². The number of nitrogens with one attached hydrogen (secondary N) is 1. The van der Waals surface area contributed by atoms with Crippen LogP contribution >= 0.6 is 15.9 Å². The molecular weight excluding hydrogens is 330 g/mol. The number of rotatable bonds is 8. The number of methoxy groups -OCH3 is 1. The van der Waals surface area contributed by atoms with Gasteiger partial charge in [-0.3, -0.25) is 0 Å². The second-order valence-corrected chi connectivity index (χ2v) is 7.54. The highest BCUT2D eigenvalue weighted by Crippen LogP contribution is 2.25. The van der Waals surface area contributed by atoms with Crippen LogP contribution in [0.15, 0.2) is 22.7 Å². The molecule has 0 spiro atoms. The first-order valence-electron chi connectivity index (χ1n) is 6.20. The van der Waals surface area contributed by atoms with Crippen molar-refractivity contribution in [3.8, 4) is 0 Å². The molecule has 6 heteroatoms. The lowest BCUT2D eigenvalue weighted by atomic mass is 10.2. The summed E-state index contributed by atoms with van der Waals surface area (Å²) in [6.45, 7) is 2.82. The van der Waals surface area contributed by atoms with Crippen LogP contribution in [-0.4, -0.2) is 33.6 Å². The molecule has 0 atom stereocenters. The number of ether oxygens (including phenoxy) is 1. The average Bonchev–Trinajstić information content (AvgIpc) is 2.38. The standard InChI is InChI=1S/C13H20BrNO3S/c1-3-19(16,17)9-5-8-15-13-7-4-6-12(14)11(13)10-18-2/h4,6-7,15H,3,5,8-10H2,1-2H3. The number of sulfone groups is 1. The van der Waals surface area contributed by atoms with Crippen molar-refractivity contribution in [3.05, 3.63) is 28.2 Å². The SMILES string of the molecule is CCS(=O)(=O)CCCNc1cccc(Br)c1COC. The fourth-order valence-corrected chi connectivity index (χ4v) is 3.03. The van der Waals surface area contributed by atoms with E-state index < -0.39 is 9.84 Å². The second kappa shape index (κ2) is 7.87. The molecule has 0 amide bonds. The Balaban J connectivity index is 2.56. The Morgan fingerprint density at radius 2 is 2.11 bits per heavy atom. The van der Waals surface area contributed by atoms with Gasteiger partial charge in [0.25, 0.3) is 0 Å². The van der Waals surface area contributed by atoms with Crippen LogP contribution in [0.4, 0.5) is 5.69 Å². The Kier molecular flexibility index (Phi) is 6.82. The number of hydrogen-bond acceptors (Lipinski definition) is 4. The largest absolute Gasteiger partial charge is 0.385 e. The Hall–Kier alpha value is -0.590. The maximum atomic E-state index is 11.4. The molecule has 0 aliphatic heterocycles. The molecule has 19 heavy (non-hydrogen) atoms. The first-order chi connectivity index (χ1) is 9.00. The van der Waals surface area contributed by atoms with Crippen LogP contribution in [0.1, 0.15) is 18.9 Å². The Morgan fingerprint density at radius 3 is 2.74 bits per heavy atom. The van der Waals surface area contributed by atoms with Gasteiger partial charge in [-0.25, -0.2) is 8.42 Å². The molecule has 1 aromatic carbocycles. The maximum Gasteiger partial charge on any atom is 0.150 e. The second-order valence-electron chi connectivity index (χ2n) is 4.22. The molecule has 1 N–H and O–H groups in total. The number of anilines is 1. The maximum absolute atomic E-state index is 11.4. The predicted molar refractivity (Wildman–Crippen MR) is 82.3 cm³/mol. The zero-order chi connectivity index (χ0) is 14.3. The summed E-state index contributed by atoms with van der Waals surface area (Å²) in [6, 6.07) is 5.86. The zero-order valence-corrected chi connectivity index (χ0v) is 13.7. The molecule has 0 saturated heterocycles. The van der Waals surface area contributed by atoms with Crippen molar-refractivity contribution in [2.24, 2.45) is 0 Å². The van der Waals surface area contributed by atoms with Crippen LogP contribution in [0.3, 0.4) is 0 Å². The fraction of sp³-hybridized carbons (Fsp3) is 0.538. The van der Waals surface area contributed by atoms with Crippen molar-refractivity contribution >= 4 is 31.5 Å². The summed E-state index contributed by atoms with van der Waals surface area (Å²) in [5.74, 6) is 0.433. The number of benzene rings is 1. The van der Waals surface area contributed by atoms with Crippen molar-refractivity contribution in [2.45, 2.75) is 20.0 Å². The minimum atomic E-state index is -2.88. The predicted octanol–water partition coefficient (Wildman–Crippen LogP) is 2.83. The molecule has 1 rings (SSSR count). The molecule has 0 aromatic heterocycles. The zero-order valence-electron chi connectivity index (χ0n) is 11.3. The molecule has 0 bridgehead atoms. The van der Waals surface area contributed by atoms with Gasteiger partial charge in [0.1, 0.15) is 9.84 Å². The van der Waals surface area contributed by atoms with Crippen LogP contribution in [0.2, 0.25) is 0 Å². The molecule has 0 aliphatic rings. The van der Waals surface area contributed by atoms with E-state index >= 15 is 0 Å². The van der Waals surface area contributed by atoms with E-state index in [9.17, 15) is 8.42 Å². The molecule has 108 valence electrons. The topological polar surface area (TPSA) is 55.4 Å². The molecular formula is C13H20BrNO3S. The summed E-state index contributed by atoms with van der Waals surface area (Å²) in [7, 11) is -1.23. The van der Waals surface area contributed by atoms with E-state index in [1.165, 1.54) is 0 Å². The van der Waals surface area contributed by atoms with Crippen LogP contribution in [0.5, 0.6) is 0 Å². The van der Waals surface area contributed by atoms with Crippen LogP contribution in [0, 0.1) is 0 Å². The smallest absolute Gasteiger partial charge is 0.150 e. The minimum absolute atomic E-state index is 0.207. The van der Waals surface area contributed by atoms with Gasteiger partial charge in [0, 0.05) is 35.1 Å². The summed E-state index contributed by atoms with van der Waals surface area (Å²) in [5.41, 5.74) is 2.02. The highest BCUT2D eigenvalue weighted by atomic mass is 79.9. The van der Waals surface area contributed by atoms with Gasteiger partial charge in [0.05, 0.1) is 12.4 Å². The third-order valence-corrected chi connectivity index (χ3v) is 5.33. The molecule has 0 aliphatic carbocycles. The van der Waals surface area contributed by atoms with Crippen LogP contribution in [0.25, 0.3) is 0 Å². The summed E-state index contributed by atoms with van der Waals surface area (Å²) in [4.78, 5) is 0.